The maximum Gasteiger partial charge on any atom is 0.164 e. The molecule has 6 heteroatoms. The number of unbranched alkanes of at least 4 members (excludes halogenated alkanes) is 1. The van der Waals surface area contributed by atoms with E-state index in [-0.39, 0.29) is 18.8 Å². The standard InChI is InChI=1S/C15H25NO5/c1-2-3-4-11-5-6-13(17)7-12(11)8-16(9-14(18)19)10-15(20)21/h5-7,14-15,17-21H,2-4,8-10H2,1H3. The first-order valence-corrected chi connectivity index (χ1v) is 7.17. The van der Waals surface area contributed by atoms with Gasteiger partial charge < -0.3 is 25.5 Å². The quantitative estimate of drug-likeness (QED) is 0.416. The van der Waals surface area contributed by atoms with Gasteiger partial charge >= 0.3 is 0 Å². The van der Waals surface area contributed by atoms with Crippen LogP contribution in [-0.2, 0) is 13.0 Å². The number of aliphatic hydroxyl groups excluding tert-OH is 2. The van der Waals surface area contributed by atoms with Crippen LogP contribution in [0.25, 0.3) is 0 Å². The van der Waals surface area contributed by atoms with Crippen molar-refractivity contribution < 1.29 is 25.5 Å². The molecule has 1 aromatic carbocycles. The van der Waals surface area contributed by atoms with Gasteiger partial charge in [-0.3, -0.25) is 4.90 Å². The third-order valence-electron chi connectivity index (χ3n) is 3.23. The molecule has 0 aromatic heterocycles. The van der Waals surface area contributed by atoms with Crippen LogP contribution in [0.2, 0.25) is 0 Å². The Morgan fingerprint density at radius 1 is 1.00 bits per heavy atom. The summed E-state index contributed by atoms with van der Waals surface area (Å²) in [6, 6.07) is 5.11. The van der Waals surface area contributed by atoms with Gasteiger partial charge in [-0.25, -0.2) is 0 Å². The highest BCUT2D eigenvalue weighted by Crippen LogP contribution is 2.20. The Bertz CT molecular complexity index is 413. The molecule has 120 valence electrons. The van der Waals surface area contributed by atoms with Crippen LogP contribution in [0.5, 0.6) is 5.75 Å². The number of phenols is 1. The van der Waals surface area contributed by atoms with Gasteiger partial charge in [0.1, 0.15) is 5.75 Å². The smallest absolute Gasteiger partial charge is 0.164 e. The first-order valence-electron chi connectivity index (χ1n) is 7.17. The van der Waals surface area contributed by atoms with Crippen molar-refractivity contribution in [3.63, 3.8) is 0 Å². The topological polar surface area (TPSA) is 104 Å². The second kappa shape index (κ2) is 8.96. The molecule has 0 spiro atoms. The SMILES string of the molecule is CCCCc1ccc(O)cc1CN(CC(O)O)CC(O)O. The summed E-state index contributed by atoms with van der Waals surface area (Å²) >= 11 is 0. The zero-order chi connectivity index (χ0) is 15.8. The number of aromatic hydroxyl groups is 1. The van der Waals surface area contributed by atoms with E-state index in [4.69, 9.17) is 20.4 Å². The van der Waals surface area contributed by atoms with Crippen LogP contribution in [0.3, 0.4) is 0 Å². The molecule has 0 amide bonds. The summed E-state index contributed by atoms with van der Waals surface area (Å²) in [6.45, 7) is 2.21. The molecule has 0 aliphatic rings. The number of aryl methyl sites for hydroxylation is 1. The van der Waals surface area contributed by atoms with Crippen LogP contribution in [0.1, 0.15) is 30.9 Å². The number of hydrogen-bond acceptors (Lipinski definition) is 6. The Morgan fingerprint density at radius 2 is 1.62 bits per heavy atom. The second-order valence-electron chi connectivity index (χ2n) is 5.21. The Morgan fingerprint density at radius 3 is 2.14 bits per heavy atom. The predicted molar refractivity (Wildman–Crippen MR) is 78.4 cm³/mol. The van der Waals surface area contributed by atoms with Crippen LogP contribution in [0, 0.1) is 0 Å². The van der Waals surface area contributed by atoms with Gasteiger partial charge in [0.15, 0.2) is 12.6 Å². The number of phenolic OH excluding ortho intramolecular Hbond substituents is 1. The van der Waals surface area contributed by atoms with Gasteiger partial charge in [0.25, 0.3) is 0 Å². The molecule has 5 N–H and O–H groups in total. The summed E-state index contributed by atoms with van der Waals surface area (Å²) in [7, 11) is 0. The number of benzene rings is 1. The summed E-state index contributed by atoms with van der Waals surface area (Å²) in [6.07, 6.45) is -0.179. The van der Waals surface area contributed by atoms with Gasteiger partial charge in [-0.15, -0.1) is 0 Å². The highest BCUT2D eigenvalue weighted by atomic mass is 16.5. The molecule has 0 atom stereocenters. The van der Waals surface area contributed by atoms with Gasteiger partial charge in [0, 0.05) is 19.6 Å². The maximum atomic E-state index is 9.62. The van der Waals surface area contributed by atoms with Crippen LogP contribution in [0.4, 0.5) is 0 Å². The normalized spacial score (nSPS) is 11.8. The van der Waals surface area contributed by atoms with Gasteiger partial charge in [-0.05, 0) is 36.1 Å². The molecule has 0 radical (unpaired) electrons. The van der Waals surface area contributed by atoms with Crippen LogP contribution in [-0.4, -0.2) is 56.1 Å². The monoisotopic (exact) mass is 299 g/mol. The molecule has 1 aromatic rings. The van der Waals surface area contributed by atoms with Crippen LogP contribution in [0.15, 0.2) is 18.2 Å². The van der Waals surface area contributed by atoms with E-state index in [0.717, 1.165) is 30.4 Å². The van der Waals surface area contributed by atoms with E-state index in [1.807, 2.05) is 6.07 Å². The minimum Gasteiger partial charge on any atom is -0.508 e. The summed E-state index contributed by atoms with van der Waals surface area (Å²) in [5.74, 6) is 0.138. The van der Waals surface area contributed by atoms with Gasteiger partial charge in [-0.1, -0.05) is 19.4 Å². The lowest BCUT2D eigenvalue weighted by atomic mass is 10.0. The largest absolute Gasteiger partial charge is 0.508 e. The van der Waals surface area contributed by atoms with E-state index in [1.54, 1.807) is 12.1 Å². The maximum absolute atomic E-state index is 9.62. The second-order valence-corrected chi connectivity index (χ2v) is 5.21. The summed E-state index contributed by atoms with van der Waals surface area (Å²) in [5, 5.41) is 45.9. The molecular weight excluding hydrogens is 274 g/mol. The molecule has 1 rings (SSSR count). The van der Waals surface area contributed by atoms with E-state index < -0.39 is 12.6 Å². The van der Waals surface area contributed by atoms with Crippen LogP contribution >= 0.6 is 0 Å². The molecule has 0 aliphatic heterocycles. The first kappa shape index (κ1) is 17.9. The van der Waals surface area contributed by atoms with E-state index in [2.05, 4.69) is 6.92 Å². The Hall–Kier alpha value is -1.18. The van der Waals surface area contributed by atoms with Crippen molar-refractivity contribution in [3.05, 3.63) is 29.3 Å². The minimum absolute atomic E-state index is 0.0967. The summed E-state index contributed by atoms with van der Waals surface area (Å²) < 4.78 is 0. The molecule has 21 heavy (non-hydrogen) atoms. The fraction of sp³-hybridized carbons (Fsp3) is 0.600. The number of rotatable bonds is 9. The number of hydrogen-bond donors (Lipinski definition) is 5. The number of nitrogens with zero attached hydrogens (tertiary/aromatic N) is 1. The predicted octanol–water partition coefficient (Wildman–Crippen LogP) is 0.158. The molecule has 0 bridgehead atoms. The van der Waals surface area contributed by atoms with E-state index in [1.165, 1.54) is 4.90 Å². The van der Waals surface area contributed by atoms with E-state index in [0.29, 0.717) is 6.54 Å². The van der Waals surface area contributed by atoms with Crippen molar-refractivity contribution in [3.8, 4) is 5.75 Å². The highest BCUT2D eigenvalue weighted by Gasteiger charge is 2.15. The van der Waals surface area contributed by atoms with Crippen molar-refractivity contribution in [1.29, 1.82) is 0 Å². The van der Waals surface area contributed by atoms with Gasteiger partial charge in [0.05, 0.1) is 0 Å². The Labute approximate surface area is 124 Å². The molecule has 6 nitrogen and oxygen atoms in total. The molecule has 0 aliphatic carbocycles. The fourth-order valence-electron chi connectivity index (χ4n) is 2.28. The van der Waals surface area contributed by atoms with E-state index in [9.17, 15) is 5.11 Å². The average Bonchev–Trinajstić information content (AvgIpc) is 2.36. The zero-order valence-corrected chi connectivity index (χ0v) is 12.3. The van der Waals surface area contributed by atoms with E-state index >= 15 is 0 Å². The Balaban J connectivity index is 2.86. The van der Waals surface area contributed by atoms with Crippen molar-refractivity contribution in [1.82, 2.24) is 4.90 Å². The average molecular weight is 299 g/mol. The van der Waals surface area contributed by atoms with Crippen molar-refractivity contribution >= 4 is 0 Å². The lowest BCUT2D eigenvalue weighted by Crippen LogP contribution is -2.37. The molecule has 0 unspecified atom stereocenters. The zero-order valence-electron chi connectivity index (χ0n) is 12.3. The first-order chi connectivity index (χ1) is 9.92. The summed E-state index contributed by atoms with van der Waals surface area (Å²) in [4.78, 5) is 1.53. The third kappa shape index (κ3) is 6.88. The molecule has 0 fully saturated rings. The Kier molecular flexibility index (Phi) is 7.63. The van der Waals surface area contributed by atoms with Crippen molar-refractivity contribution in [2.45, 2.75) is 45.3 Å². The van der Waals surface area contributed by atoms with Crippen molar-refractivity contribution in [2.75, 3.05) is 13.1 Å². The van der Waals surface area contributed by atoms with Crippen LogP contribution < -0.4 is 0 Å². The number of aliphatic hydroxyl groups is 4. The highest BCUT2D eigenvalue weighted by molar-refractivity contribution is 5.35. The molecular formula is C15H25NO5. The minimum atomic E-state index is -1.56. The molecule has 0 heterocycles. The van der Waals surface area contributed by atoms with Gasteiger partial charge in [0.2, 0.25) is 0 Å². The lowest BCUT2D eigenvalue weighted by Gasteiger charge is -2.25. The van der Waals surface area contributed by atoms with Gasteiger partial charge in [-0.2, -0.15) is 0 Å². The van der Waals surface area contributed by atoms with Crippen molar-refractivity contribution in [2.24, 2.45) is 0 Å². The third-order valence-corrected chi connectivity index (χ3v) is 3.23. The fourth-order valence-corrected chi connectivity index (χ4v) is 2.28. The lowest BCUT2D eigenvalue weighted by molar-refractivity contribution is -0.0964. The molecule has 0 saturated carbocycles. The molecule has 0 saturated heterocycles. The summed E-state index contributed by atoms with van der Waals surface area (Å²) in [5.41, 5.74) is 1.92.